The number of hydrogen-bond acceptors (Lipinski definition) is 5. The highest BCUT2D eigenvalue weighted by Gasteiger charge is 2.42. The van der Waals surface area contributed by atoms with Crippen LogP contribution in [-0.2, 0) is 4.74 Å². The third kappa shape index (κ3) is 2.79. The topological polar surface area (TPSA) is 71.1 Å². The van der Waals surface area contributed by atoms with Gasteiger partial charge in [0.05, 0.1) is 6.73 Å². The molecule has 1 rings (SSSR count). The monoisotopic (exact) mass is 229 g/mol. The van der Waals surface area contributed by atoms with E-state index in [1.54, 1.807) is 18.2 Å². The molecule has 0 amide bonds. The van der Waals surface area contributed by atoms with Crippen LogP contribution in [0.1, 0.15) is 33.1 Å². The fourth-order valence-corrected chi connectivity index (χ4v) is 1.89. The highest BCUT2D eigenvalue weighted by Crippen LogP contribution is 2.28. The number of methoxy groups -OCH3 is 1. The number of aliphatic hydroxyl groups is 1. The molecular weight excluding hydrogens is 206 g/mol. The van der Waals surface area contributed by atoms with Gasteiger partial charge in [0.2, 0.25) is 0 Å². The van der Waals surface area contributed by atoms with E-state index in [0.717, 1.165) is 19.3 Å². The summed E-state index contributed by atoms with van der Waals surface area (Å²) >= 11 is 0. The van der Waals surface area contributed by atoms with Crippen LogP contribution in [0.15, 0.2) is 4.99 Å². The van der Waals surface area contributed by atoms with Gasteiger partial charge < -0.3 is 15.6 Å². The minimum atomic E-state index is -0.668. The summed E-state index contributed by atoms with van der Waals surface area (Å²) in [4.78, 5) is 6.14. The summed E-state index contributed by atoms with van der Waals surface area (Å²) in [6.07, 6.45) is 4.21. The molecule has 5 nitrogen and oxygen atoms in total. The maximum Gasteiger partial charge on any atom is 0.113 e. The van der Waals surface area contributed by atoms with Crippen LogP contribution in [-0.4, -0.2) is 48.0 Å². The Balaban J connectivity index is 2.72. The molecule has 5 heteroatoms. The van der Waals surface area contributed by atoms with Gasteiger partial charge in [-0.25, -0.2) is 4.90 Å². The molecule has 3 atom stereocenters. The predicted molar refractivity (Wildman–Crippen MR) is 64.1 cm³/mol. The second-order valence-corrected chi connectivity index (χ2v) is 4.37. The zero-order valence-electron chi connectivity index (χ0n) is 10.4. The van der Waals surface area contributed by atoms with Crippen LogP contribution in [0.3, 0.4) is 0 Å². The minimum absolute atomic E-state index is 0.110. The zero-order chi connectivity index (χ0) is 12.2. The van der Waals surface area contributed by atoms with Crippen molar-refractivity contribution in [3.8, 4) is 0 Å². The zero-order valence-corrected chi connectivity index (χ0v) is 10.4. The predicted octanol–water partition coefficient (Wildman–Crippen LogP) is 0.529. The van der Waals surface area contributed by atoms with Crippen LogP contribution < -0.4 is 5.73 Å². The van der Waals surface area contributed by atoms with Crippen LogP contribution >= 0.6 is 0 Å². The summed E-state index contributed by atoms with van der Waals surface area (Å²) in [6.45, 7) is 4.02. The molecule has 1 aliphatic rings. The van der Waals surface area contributed by atoms with E-state index in [1.807, 2.05) is 6.92 Å². The summed E-state index contributed by atoms with van der Waals surface area (Å²) in [6, 6.07) is 0.266. The summed E-state index contributed by atoms with van der Waals surface area (Å²) in [5, 5.41) is 9.33. The molecule has 16 heavy (non-hydrogen) atoms. The lowest BCUT2D eigenvalue weighted by Gasteiger charge is -2.32. The fraction of sp³-hybridized carbons (Fsp3) is 0.909. The van der Waals surface area contributed by atoms with Crippen LogP contribution in [0.25, 0.3) is 0 Å². The van der Waals surface area contributed by atoms with E-state index in [2.05, 4.69) is 11.9 Å². The van der Waals surface area contributed by atoms with Crippen LogP contribution in [0.4, 0.5) is 0 Å². The van der Waals surface area contributed by atoms with Crippen molar-refractivity contribution >= 4 is 6.21 Å². The third-order valence-corrected chi connectivity index (χ3v) is 3.24. The summed E-state index contributed by atoms with van der Waals surface area (Å²) in [5.74, 6) is 0. The van der Waals surface area contributed by atoms with Crippen molar-refractivity contribution in [1.29, 1.82) is 0 Å². The molecule has 0 bridgehead atoms. The fourth-order valence-electron chi connectivity index (χ4n) is 1.89. The normalized spacial score (nSPS) is 33.7. The van der Waals surface area contributed by atoms with Gasteiger partial charge in [-0.2, -0.15) is 0 Å². The number of nitrogens with two attached hydrogens (primary N) is 1. The Morgan fingerprint density at radius 3 is 2.94 bits per heavy atom. The Kier molecular flexibility index (Phi) is 4.86. The maximum atomic E-state index is 9.33. The standard InChI is InChI=1S/C11H23N3O2/c1-4-9(2)13-7-11(12)6-5-10(16-3)14(11)8-15/h7,9-10,15H,4-6,8,12H2,1-3H3/t9?,10?,11-/m0/s1. The van der Waals surface area contributed by atoms with E-state index in [9.17, 15) is 5.11 Å². The Bertz CT molecular complexity index is 247. The van der Waals surface area contributed by atoms with Crippen molar-refractivity contribution in [2.24, 2.45) is 10.7 Å². The lowest BCUT2D eigenvalue weighted by molar-refractivity contribution is -0.0711. The first-order chi connectivity index (χ1) is 7.57. The molecule has 0 saturated carbocycles. The molecule has 0 spiro atoms. The van der Waals surface area contributed by atoms with Crippen LogP contribution in [0.5, 0.6) is 0 Å². The number of aliphatic hydroxyl groups excluding tert-OH is 1. The van der Waals surface area contributed by atoms with E-state index < -0.39 is 5.66 Å². The molecule has 94 valence electrons. The lowest BCUT2D eigenvalue weighted by Crippen LogP contribution is -2.56. The molecule has 1 fully saturated rings. The highest BCUT2D eigenvalue weighted by atomic mass is 16.5. The first-order valence-electron chi connectivity index (χ1n) is 5.81. The van der Waals surface area contributed by atoms with Crippen molar-refractivity contribution in [3.63, 3.8) is 0 Å². The Morgan fingerprint density at radius 1 is 1.75 bits per heavy atom. The quantitative estimate of drug-likeness (QED) is 0.675. The number of ether oxygens (including phenoxy) is 1. The Hall–Kier alpha value is -0.490. The molecule has 2 unspecified atom stereocenters. The molecule has 3 N–H and O–H groups in total. The molecule has 1 aliphatic heterocycles. The third-order valence-electron chi connectivity index (χ3n) is 3.24. The average Bonchev–Trinajstić information content (AvgIpc) is 2.63. The van der Waals surface area contributed by atoms with Gasteiger partial charge in [-0.1, -0.05) is 6.92 Å². The molecular formula is C11H23N3O2. The minimum Gasteiger partial charge on any atom is -0.381 e. The summed E-state index contributed by atoms with van der Waals surface area (Å²) in [5.41, 5.74) is 5.55. The molecule has 0 aromatic carbocycles. The van der Waals surface area contributed by atoms with Gasteiger partial charge >= 0.3 is 0 Å². The first kappa shape index (κ1) is 13.6. The van der Waals surface area contributed by atoms with E-state index in [0.29, 0.717) is 0 Å². The summed E-state index contributed by atoms with van der Waals surface area (Å²) in [7, 11) is 1.63. The van der Waals surface area contributed by atoms with Crippen molar-refractivity contribution in [1.82, 2.24) is 4.90 Å². The number of aliphatic imine (C=N–C) groups is 1. The summed E-state index contributed by atoms with van der Waals surface area (Å²) < 4.78 is 5.27. The second-order valence-electron chi connectivity index (χ2n) is 4.37. The van der Waals surface area contributed by atoms with Crippen molar-refractivity contribution < 1.29 is 9.84 Å². The molecule has 0 aromatic heterocycles. The molecule has 0 aliphatic carbocycles. The van der Waals surface area contributed by atoms with Gasteiger partial charge in [0.1, 0.15) is 11.9 Å². The smallest absolute Gasteiger partial charge is 0.113 e. The molecule has 1 heterocycles. The Morgan fingerprint density at radius 2 is 2.44 bits per heavy atom. The van der Waals surface area contributed by atoms with Gasteiger partial charge in [0.15, 0.2) is 0 Å². The van der Waals surface area contributed by atoms with Crippen molar-refractivity contribution in [2.75, 3.05) is 13.8 Å². The lowest BCUT2D eigenvalue weighted by atomic mass is 10.1. The second kappa shape index (κ2) is 5.72. The number of hydrogen-bond donors (Lipinski definition) is 2. The van der Waals surface area contributed by atoms with Crippen molar-refractivity contribution in [3.05, 3.63) is 0 Å². The SMILES string of the molecule is CCC(C)N=C[C@]1(N)CCC(OC)N1CO. The van der Waals surface area contributed by atoms with E-state index in [1.165, 1.54) is 0 Å². The first-order valence-corrected chi connectivity index (χ1v) is 5.81. The molecule has 1 saturated heterocycles. The van der Waals surface area contributed by atoms with Gasteiger partial charge in [-0.15, -0.1) is 0 Å². The highest BCUT2D eigenvalue weighted by molar-refractivity contribution is 5.70. The van der Waals surface area contributed by atoms with E-state index in [-0.39, 0.29) is 19.0 Å². The largest absolute Gasteiger partial charge is 0.381 e. The van der Waals surface area contributed by atoms with Crippen LogP contribution in [0.2, 0.25) is 0 Å². The van der Waals surface area contributed by atoms with Gasteiger partial charge in [0.25, 0.3) is 0 Å². The Labute approximate surface area is 97.3 Å². The number of rotatable bonds is 5. The number of nitrogens with zero attached hydrogens (tertiary/aromatic N) is 2. The van der Waals surface area contributed by atoms with Gasteiger partial charge in [-0.05, 0) is 26.2 Å². The van der Waals surface area contributed by atoms with Gasteiger partial charge in [0, 0.05) is 19.4 Å². The van der Waals surface area contributed by atoms with Crippen molar-refractivity contribution in [2.45, 2.75) is 51.0 Å². The maximum absolute atomic E-state index is 9.33. The molecule has 0 radical (unpaired) electrons. The van der Waals surface area contributed by atoms with E-state index >= 15 is 0 Å². The van der Waals surface area contributed by atoms with Crippen LogP contribution in [0, 0.1) is 0 Å². The van der Waals surface area contributed by atoms with E-state index in [4.69, 9.17) is 10.5 Å². The number of likely N-dealkylation sites (tertiary alicyclic amines) is 1. The average molecular weight is 229 g/mol. The molecule has 0 aromatic rings. The van der Waals surface area contributed by atoms with Gasteiger partial charge in [-0.3, -0.25) is 4.99 Å².